The van der Waals surface area contributed by atoms with Crippen molar-refractivity contribution in [3.63, 3.8) is 0 Å². The number of hydrogen-bond acceptors (Lipinski definition) is 2. The van der Waals surface area contributed by atoms with Crippen LogP contribution in [-0.2, 0) is 0 Å². The molecule has 0 aromatic carbocycles. The molecular formula is C18H32N2. The van der Waals surface area contributed by atoms with Gasteiger partial charge in [0.15, 0.2) is 0 Å². The van der Waals surface area contributed by atoms with Crippen molar-refractivity contribution in [3.8, 4) is 0 Å². The average Bonchev–Trinajstić information content (AvgIpc) is 2.83. The van der Waals surface area contributed by atoms with E-state index in [0.717, 1.165) is 29.7 Å². The summed E-state index contributed by atoms with van der Waals surface area (Å²) >= 11 is 0. The Balaban J connectivity index is 1.34. The minimum absolute atomic E-state index is 0.379. The Morgan fingerprint density at radius 1 is 0.900 bits per heavy atom. The molecule has 0 aromatic heterocycles. The van der Waals surface area contributed by atoms with Gasteiger partial charge in [0.05, 0.1) is 0 Å². The zero-order valence-electron chi connectivity index (χ0n) is 14.0. The molecule has 0 radical (unpaired) electrons. The Hall–Kier alpha value is -0.0800. The minimum Gasteiger partial charge on any atom is -0.298 e. The van der Waals surface area contributed by atoms with Crippen LogP contribution in [0.2, 0.25) is 0 Å². The maximum atomic E-state index is 2.85. The van der Waals surface area contributed by atoms with Crippen LogP contribution < -0.4 is 0 Å². The Labute approximate surface area is 124 Å². The quantitative estimate of drug-likeness (QED) is 0.781. The first-order valence-electron chi connectivity index (χ1n) is 8.77. The van der Waals surface area contributed by atoms with Gasteiger partial charge >= 0.3 is 0 Å². The lowest BCUT2D eigenvalue weighted by Crippen LogP contribution is -2.46. The summed E-state index contributed by atoms with van der Waals surface area (Å²) in [7, 11) is 0. The van der Waals surface area contributed by atoms with Crippen LogP contribution in [0.5, 0.6) is 0 Å². The van der Waals surface area contributed by atoms with Gasteiger partial charge < -0.3 is 0 Å². The highest BCUT2D eigenvalue weighted by Crippen LogP contribution is 2.57. The molecule has 2 aliphatic carbocycles. The molecule has 2 bridgehead atoms. The van der Waals surface area contributed by atoms with Crippen LogP contribution in [0.4, 0.5) is 0 Å². The molecule has 2 heteroatoms. The highest BCUT2D eigenvalue weighted by Gasteiger charge is 2.59. The Morgan fingerprint density at radius 3 is 1.95 bits per heavy atom. The van der Waals surface area contributed by atoms with Gasteiger partial charge in [-0.1, -0.05) is 0 Å². The molecule has 5 aliphatic rings. The fourth-order valence-electron chi connectivity index (χ4n) is 5.47. The van der Waals surface area contributed by atoms with Crippen molar-refractivity contribution >= 4 is 0 Å². The summed E-state index contributed by atoms with van der Waals surface area (Å²) in [5.74, 6) is 4.12. The van der Waals surface area contributed by atoms with E-state index in [2.05, 4.69) is 44.4 Å². The molecular weight excluding hydrogens is 244 g/mol. The summed E-state index contributed by atoms with van der Waals surface area (Å²) in [6, 6.07) is 0.944. The van der Waals surface area contributed by atoms with Crippen LogP contribution in [0.1, 0.15) is 53.9 Å². The number of nitrogens with zero attached hydrogens (tertiary/aromatic N) is 2. The third-order valence-electron chi connectivity index (χ3n) is 6.94. The maximum Gasteiger partial charge on any atom is 0.0159 e. The van der Waals surface area contributed by atoms with E-state index in [1.807, 2.05) is 0 Å². The smallest absolute Gasteiger partial charge is 0.0159 e. The predicted octanol–water partition coefficient (Wildman–Crippen LogP) is 3.23. The van der Waals surface area contributed by atoms with Crippen molar-refractivity contribution in [3.05, 3.63) is 0 Å². The molecule has 2 nitrogen and oxygen atoms in total. The second-order valence-corrected chi connectivity index (χ2v) is 9.73. The largest absolute Gasteiger partial charge is 0.298 e. The van der Waals surface area contributed by atoms with Crippen LogP contribution in [0.3, 0.4) is 0 Å². The topological polar surface area (TPSA) is 6.48 Å². The van der Waals surface area contributed by atoms with Gasteiger partial charge in [0.25, 0.3) is 0 Å². The first-order valence-corrected chi connectivity index (χ1v) is 8.77. The van der Waals surface area contributed by atoms with E-state index >= 15 is 0 Å². The molecule has 3 saturated heterocycles. The van der Waals surface area contributed by atoms with E-state index in [4.69, 9.17) is 0 Å². The summed E-state index contributed by atoms with van der Waals surface area (Å²) in [6.45, 7) is 16.3. The number of rotatable bonds is 3. The van der Waals surface area contributed by atoms with Crippen molar-refractivity contribution in [1.29, 1.82) is 0 Å². The summed E-state index contributed by atoms with van der Waals surface area (Å²) in [5, 5.41) is 0. The molecule has 0 spiro atoms. The third kappa shape index (κ3) is 1.98. The fraction of sp³-hybridized carbons (Fsp3) is 1.00. The molecule has 2 unspecified atom stereocenters. The highest BCUT2D eigenvalue weighted by atomic mass is 15.3. The lowest BCUT2D eigenvalue weighted by Gasteiger charge is -2.40. The molecule has 0 aromatic rings. The second kappa shape index (κ2) is 4.01. The predicted molar refractivity (Wildman–Crippen MR) is 83.7 cm³/mol. The number of fused-ring (bicyclic) bond motifs is 2. The normalized spacial score (nSPS) is 44.5. The van der Waals surface area contributed by atoms with Crippen LogP contribution in [0, 0.1) is 23.7 Å². The van der Waals surface area contributed by atoms with Gasteiger partial charge in [0.2, 0.25) is 0 Å². The van der Waals surface area contributed by atoms with Gasteiger partial charge in [-0.15, -0.1) is 0 Å². The molecule has 5 rings (SSSR count). The van der Waals surface area contributed by atoms with Crippen molar-refractivity contribution in [1.82, 2.24) is 9.80 Å². The zero-order chi connectivity index (χ0) is 14.3. The molecule has 3 heterocycles. The maximum absolute atomic E-state index is 2.85. The molecule has 2 saturated carbocycles. The van der Waals surface area contributed by atoms with Gasteiger partial charge in [0.1, 0.15) is 0 Å². The molecule has 5 fully saturated rings. The molecule has 20 heavy (non-hydrogen) atoms. The summed E-state index contributed by atoms with van der Waals surface area (Å²) < 4.78 is 0. The van der Waals surface area contributed by atoms with Crippen LogP contribution in [0.25, 0.3) is 0 Å². The molecule has 2 atom stereocenters. The zero-order valence-corrected chi connectivity index (χ0v) is 14.0. The molecule has 114 valence electrons. The number of piperidine rings is 1. The first kappa shape index (κ1) is 13.6. The fourth-order valence-corrected chi connectivity index (χ4v) is 5.47. The van der Waals surface area contributed by atoms with Crippen LogP contribution >= 0.6 is 0 Å². The Kier molecular flexibility index (Phi) is 2.72. The van der Waals surface area contributed by atoms with E-state index < -0.39 is 0 Å². The van der Waals surface area contributed by atoms with Crippen molar-refractivity contribution in [2.45, 2.75) is 71.0 Å². The molecule has 3 aliphatic heterocycles. The second-order valence-electron chi connectivity index (χ2n) is 9.73. The Bertz CT molecular complexity index is 390. The van der Waals surface area contributed by atoms with Gasteiger partial charge in [0, 0.05) is 36.8 Å². The highest BCUT2D eigenvalue weighted by molar-refractivity contribution is 5.11. The van der Waals surface area contributed by atoms with Crippen LogP contribution in [0.15, 0.2) is 0 Å². The average molecular weight is 276 g/mol. The van der Waals surface area contributed by atoms with Gasteiger partial charge in [-0.2, -0.15) is 0 Å². The summed E-state index contributed by atoms with van der Waals surface area (Å²) in [5.41, 5.74) is 0.834. The first-order chi connectivity index (χ1) is 9.25. The van der Waals surface area contributed by atoms with E-state index in [1.165, 1.54) is 38.9 Å². The lowest BCUT2D eigenvalue weighted by molar-refractivity contribution is 0.0876. The monoisotopic (exact) mass is 276 g/mol. The molecule has 0 amide bonds. The van der Waals surface area contributed by atoms with Crippen molar-refractivity contribution < 1.29 is 0 Å². The van der Waals surface area contributed by atoms with Crippen molar-refractivity contribution in [2.75, 3.05) is 19.6 Å². The van der Waals surface area contributed by atoms with E-state index in [9.17, 15) is 0 Å². The van der Waals surface area contributed by atoms with E-state index in [-0.39, 0.29) is 0 Å². The number of likely N-dealkylation sites (tertiary alicyclic amines) is 1. The standard InChI is InChI=1S/C18H32N2/c1-17(2,3)19-10-15-14(16(15)11-19)8-18(4,5)20-9-12-6-13(20)7-12/h12-16H,6-11H2,1-5H3. The van der Waals surface area contributed by atoms with E-state index in [1.54, 1.807) is 0 Å². The molecule has 0 N–H and O–H groups in total. The van der Waals surface area contributed by atoms with Gasteiger partial charge in [-0.05, 0) is 77.6 Å². The number of hydrogen-bond donors (Lipinski definition) is 0. The van der Waals surface area contributed by atoms with Crippen LogP contribution in [-0.4, -0.2) is 46.6 Å². The Morgan fingerprint density at radius 2 is 1.50 bits per heavy atom. The van der Waals surface area contributed by atoms with Gasteiger partial charge in [-0.3, -0.25) is 9.80 Å². The summed E-state index contributed by atoms with van der Waals surface area (Å²) in [4.78, 5) is 5.56. The lowest BCUT2D eigenvalue weighted by atomic mass is 9.85. The summed E-state index contributed by atoms with van der Waals surface area (Å²) in [6.07, 6.45) is 4.45. The van der Waals surface area contributed by atoms with Gasteiger partial charge in [-0.25, -0.2) is 0 Å². The van der Waals surface area contributed by atoms with E-state index in [0.29, 0.717) is 11.1 Å². The SMILES string of the molecule is CC(C)(C)N1CC2C(C1)C2CC(C)(C)N1CC2CC1C2. The third-order valence-corrected chi connectivity index (χ3v) is 6.94. The van der Waals surface area contributed by atoms with Crippen molar-refractivity contribution in [2.24, 2.45) is 23.7 Å². The minimum atomic E-state index is 0.379.